The summed E-state index contributed by atoms with van der Waals surface area (Å²) in [5.74, 6) is 0.755. The largest absolute Gasteiger partial charge is 0.314 e. The monoisotopic (exact) mass is 339 g/mol. The van der Waals surface area contributed by atoms with Crippen molar-refractivity contribution in [1.82, 2.24) is 5.06 Å². The third-order valence-electron chi connectivity index (χ3n) is 5.71. The highest BCUT2D eigenvalue weighted by atomic mass is 16.5. The Hall–Kier alpha value is -0.0800. The van der Waals surface area contributed by atoms with Gasteiger partial charge in [0, 0.05) is 13.1 Å². The summed E-state index contributed by atoms with van der Waals surface area (Å²) >= 11 is 0. The normalized spacial score (nSPS) is 16.1. The van der Waals surface area contributed by atoms with Gasteiger partial charge in [-0.25, -0.2) is 0 Å². The minimum atomic E-state index is 0.755. The Balaban J connectivity index is 1.75. The summed E-state index contributed by atoms with van der Waals surface area (Å²) in [4.78, 5) is 0. The van der Waals surface area contributed by atoms with Crippen molar-refractivity contribution in [3.8, 4) is 0 Å². The van der Waals surface area contributed by atoms with Gasteiger partial charge in [-0.15, -0.1) is 0 Å². The van der Waals surface area contributed by atoms with Crippen LogP contribution in [0.4, 0.5) is 0 Å². The third kappa shape index (κ3) is 13.2. The van der Waals surface area contributed by atoms with Gasteiger partial charge in [0.25, 0.3) is 0 Å². The molecule has 0 amide bonds. The van der Waals surface area contributed by atoms with Crippen LogP contribution in [-0.4, -0.2) is 23.4 Å². The highest BCUT2D eigenvalue weighted by Crippen LogP contribution is 2.24. The molecule has 1 aliphatic carbocycles. The molecule has 2 nitrogen and oxygen atoms in total. The van der Waals surface area contributed by atoms with Gasteiger partial charge in [0.1, 0.15) is 0 Å². The van der Waals surface area contributed by atoms with Crippen LogP contribution in [0, 0.1) is 5.92 Å². The van der Waals surface area contributed by atoms with Crippen molar-refractivity contribution in [2.24, 2.45) is 5.92 Å². The summed E-state index contributed by atoms with van der Waals surface area (Å²) in [6.07, 6.45) is 24.9. The van der Waals surface area contributed by atoms with E-state index in [4.69, 9.17) is 0 Å². The number of hydroxylamine groups is 2. The lowest BCUT2D eigenvalue weighted by Gasteiger charge is -2.25. The van der Waals surface area contributed by atoms with Crippen molar-refractivity contribution >= 4 is 0 Å². The standard InChI is InChI=1S/C22H45NO/c1-2-3-4-5-6-7-8-9-10-11-12-13-17-20-23(24)21-22-18-15-14-16-19-22/h22,24H,2-21H2,1H3. The highest BCUT2D eigenvalue weighted by Gasteiger charge is 2.15. The van der Waals surface area contributed by atoms with Gasteiger partial charge < -0.3 is 5.21 Å². The Morgan fingerprint density at radius 1 is 0.667 bits per heavy atom. The van der Waals surface area contributed by atoms with Crippen molar-refractivity contribution in [3.05, 3.63) is 0 Å². The Morgan fingerprint density at radius 2 is 1.12 bits per heavy atom. The zero-order valence-electron chi connectivity index (χ0n) is 16.6. The van der Waals surface area contributed by atoms with E-state index in [2.05, 4.69) is 6.92 Å². The Labute approximate surface area is 152 Å². The van der Waals surface area contributed by atoms with Crippen molar-refractivity contribution in [1.29, 1.82) is 0 Å². The van der Waals surface area contributed by atoms with Crippen LogP contribution in [0.5, 0.6) is 0 Å². The number of nitrogens with zero attached hydrogens (tertiary/aromatic N) is 1. The van der Waals surface area contributed by atoms with E-state index in [1.54, 1.807) is 5.06 Å². The first-order valence-corrected chi connectivity index (χ1v) is 11.3. The summed E-state index contributed by atoms with van der Waals surface area (Å²) in [5.41, 5.74) is 0. The Bertz CT molecular complexity index is 250. The maximum atomic E-state index is 10.0. The molecule has 0 aromatic heterocycles. The maximum Gasteiger partial charge on any atom is 0.0266 e. The quantitative estimate of drug-likeness (QED) is 0.235. The predicted octanol–water partition coefficient (Wildman–Crippen LogP) is 7.35. The maximum absolute atomic E-state index is 10.0. The molecule has 0 aromatic rings. The molecular formula is C22H45NO. The molecule has 2 heteroatoms. The molecule has 0 saturated heterocycles. The van der Waals surface area contributed by atoms with E-state index in [1.807, 2.05) is 0 Å². The fraction of sp³-hybridized carbons (Fsp3) is 1.00. The molecule has 1 saturated carbocycles. The van der Waals surface area contributed by atoms with Crippen LogP contribution in [0.25, 0.3) is 0 Å². The van der Waals surface area contributed by atoms with Crippen LogP contribution >= 0.6 is 0 Å². The van der Waals surface area contributed by atoms with E-state index < -0.39 is 0 Å². The molecule has 1 rings (SSSR count). The molecule has 0 spiro atoms. The molecule has 1 fully saturated rings. The lowest BCUT2D eigenvalue weighted by Crippen LogP contribution is -2.28. The lowest BCUT2D eigenvalue weighted by atomic mass is 9.89. The van der Waals surface area contributed by atoms with E-state index in [1.165, 1.54) is 116 Å². The summed E-state index contributed by atoms with van der Waals surface area (Å²) in [6.45, 7) is 4.08. The minimum absolute atomic E-state index is 0.755. The fourth-order valence-corrected chi connectivity index (χ4v) is 4.07. The second-order valence-corrected chi connectivity index (χ2v) is 8.16. The first-order valence-electron chi connectivity index (χ1n) is 11.3. The third-order valence-corrected chi connectivity index (χ3v) is 5.71. The fourth-order valence-electron chi connectivity index (χ4n) is 4.07. The summed E-state index contributed by atoms with van der Waals surface area (Å²) in [7, 11) is 0. The number of hydrogen-bond donors (Lipinski definition) is 1. The number of hydrogen-bond acceptors (Lipinski definition) is 2. The Morgan fingerprint density at radius 3 is 1.62 bits per heavy atom. The lowest BCUT2D eigenvalue weighted by molar-refractivity contribution is -0.105. The average Bonchev–Trinajstić information content (AvgIpc) is 2.60. The van der Waals surface area contributed by atoms with E-state index in [0.29, 0.717) is 0 Å². The zero-order valence-corrected chi connectivity index (χ0v) is 16.6. The van der Waals surface area contributed by atoms with E-state index in [9.17, 15) is 5.21 Å². The molecule has 1 aliphatic rings. The van der Waals surface area contributed by atoms with Crippen molar-refractivity contribution in [2.75, 3.05) is 13.1 Å². The van der Waals surface area contributed by atoms with E-state index in [-0.39, 0.29) is 0 Å². The second-order valence-electron chi connectivity index (χ2n) is 8.16. The van der Waals surface area contributed by atoms with Crippen molar-refractivity contribution < 1.29 is 5.21 Å². The predicted molar refractivity (Wildman–Crippen MR) is 106 cm³/mol. The van der Waals surface area contributed by atoms with Crippen LogP contribution in [0.2, 0.25) is 0 Å². The van der Waals surface area contributed by atoms with Gasteiger partial charge in [0.2, 0.25) is 0 Å². The molecular weight excluding hydrogens is 294 g/mol. The molecule has 24 heavy (non-hydrogen) atoms. The summed E-state index contributed by atoms with van der Waals surface area (Å²) < 4.78 is 0. The van der Waals surface area contributed by atoms with Crippen molar-refractivity contribution in [2.45, 2.75) is 122 Å². The van der Waals surface area contributed by atoms with Gasteiger partial charge in [-0.1, -0.05) is 103 Å². The van der Waals surface area contributed by atoms with Crippen molar-refractivity contribution in [3.63, 3.8) is 0 Å². The van der Waals surface area contributed by atoms with Crippen LogP contribution in [0.15, 0.2) is 0 Å². The molecule has 0 bridgehead atoms. The first kappa shape index (κ1) is 22.0. The summed E-state index contributed by atoms with van der Waals surface area (Å²) in [6, 6.07) is 0. The van der Waals surface area contributed by atoms with Crippen LogP contribution < -0.4 is 0 Å². The first-order chi connectivity index (χ1) is 11.8. The topological polar surface area (TPSA) is 23.5 Å². The molecule has 1 N–H and O–H groups in total. The SMILES string of the molecule is CCCCCCCCCCCCCCCN(O)CC1CCCCC1. The Kier molecular flexibility index (Phi) is 15.0. The van der Waals surface area contributed by atoms with Crippen LogP contribution in [0.1, 0.15) is 122 Å². The van der Waals surface area contributed by atoms with Gasteiger partial charge in [0.05, 0.1) is 0 Å². The van der Waals surface area contributed by atoms with Gasteiger partial charge in [-0.2, -0.15) is 5.06 Å². The minimum Gasteiger partial charge on any atom is -0.314 e. The molecule has 0 aliphatic heterocycles. The highest BCUT2D eigenvalue weighted by molar-refractivity contribution is 4.67. The molecule has 144 valence electrons. The summed E-state index contributed by atoms with van der Waals surface area (Å²) in [5, 5.41) is 11.6. The number of unbranched alkanes of at least 4 members (excludes halogenated alkanes) is 12. The second kappa shape index (κ2) is 16.4. The molecule has 0 radical (unpaired) electrons. The van der Waals surface area contributed by atoms with Gasteiger partial charge in [-0.05, 0) is 25.2 Å². The number of rotatable bonds is 16. The molecule has 0 aromatic carbocycles. The molecule has 0 heterocycles. The molecule has 0 atom stereocenters. The van der Waals surface area contributed by atoms with Gasteiger partial charge in [0.15, 0.2) is 0 Å². The van der Waals surface area contributed by atoms with Gasteiger partial charge >= 0.3 is 0 Å². The molecule has 0 unspecified atom stereocenters. The smallest absolute Gasteiger partial charge is 0.0266 e. The van der Waals surface area contributed by atoms with E-state index >= 15 is 0 Å². The van der Waals surface area contributed by atoms with E-state index in [0.717, 1.165) is 19.0 Å². The zero-order chi connectivity index (χ0) is 17.3. The van der Waals surface area contributed by atoms with Crippen LogP contribution in [0.3, 0.4) is 0 Å². The van der Waals surface area contributed by atoms with Crippen LogP contribution in [-0.2, 0) is 0 Å². The average molecular weight is 340 g/mol. The van der Waals surface area contributed by atoms with Gasteiger partial charge in [-0.3, -0.25) is 0 Å².